The minimum Gasteiger partial charge on any atom is -0.375 e. The number of hydrogen-bond acceptors (Lipinski definition) is 4. The zero-order valence-electron chi connectivity index (χ0n) is 19.0. The summed E-state index contributed by atoms with van der Waals surface area (Å²) in [5, 5.41) is 11.0. The number of amides is 1. The Morgan fingerprint density at radius 2 is 1.68 bits per heavy atom. The molecule has 2 aromatic heterocycles. The van der Waals surface area contributed by atoms with Gasteiger partial charge in [-0.2, -0.15) is 0 Å². The van der Waals surface area contributed by atoms with Gasteiger partial charge < -0.3 is 29.2 Å². The van der Waals surface area contributed by atoms with E-state index < -0.39 is 0 Å². The van der Waals surface area contributed by atoms with E-state index >= 15 is 0 Å². The molecule has 0 radical (unpaired) electrons. The molecule has 5 aromatic rings. The molecule has 1 amide bonds. The van der Waals surface area contributed by atoms with Crippen molar-refractivity contribution in [1.82, 2.24) is 19.8 Å². The lowest BCUT2D eigenvalue weighted by Crippen LogP contribution is -2.50. The number of aromatic nitrogens is 2. The van der Waals surface area contributed by atoms with Crippen LogP contribution in [-0.4, -0.2) is 41.3 Å². The lowest BCUT2D eigenvalue weighted by atomic mass is 9.97. The zero-order chi connectivity index (χ0) is 22.7. The number of para-hydroxylation sites is 2. The van der Waals surface area contributed by atoms with Crippen LogP contribution in [-0.2, 0) is 16.0 Å². The molecule has 2 bridgehead atoms. The second kappa shape index (κ2) is 6.39. The molecule has 4 atom stereocenters. The maximum absolute atomic E-state index is 13.3. The summed E-state index contributed by atoms with van der Waals surface area (Å²) in [5.41, 5.74) is 6.32. The molecule has 0 aliphatic carbocycles. The average molecular weight is 453 g/mol. The van der Waals surface area contributed by atoms with E-state index in [0.29, 0.717) is 6.54 Å². The van der Waals surface area contributed by atoms with Crippen molar-refractivity contribution >= 4 is 49.5 Å². The number of carbonyl (C=O) groups excluding carboxylic acids is 1. The molecular formula is C27H24N4O3. The Bertz CT molecular complexity index is 1700. The Balaban J connectivity index is 1.70. The normalized spacial score (nSPS) is 25.5. The molecule has 1 saturated heterocycles. The highest BCUT2D eigenvalue weighted by atomic mass is 16.6. The van der Waals surface area contributed by atoms with Gasteiger partial charge in [-0.05, 0) is 24.7 Å². The quantitative estimate of drug-likeness (QED) is 0.422. The monoisotopic (exact) mass is 452 g/mol. The lowest BCUT2D eigenvalue weighted by Gasteiger charge is -2.41. The van der Waals surface area contributed by atoms with E-state index in [2.05, 4.69) is 68.3 Å². The third kappa shape index (κ3) is 2.03. The number of carbonyl (C=O) groups is 1. The van der Waals surface area contributed by atoms with E-state index in [4.69, 9.17) is 9.47 Å². The molecule has 0 spiro atoms. The Labute approximate surface area is 195 Å². The largest absolute Gasteiger partial charge is 0.375 e. The van der Waals surface area contributed by atoms with Gasteiger partial charge in [0.15, 0.2) is 6.23 Å². The van der Waals surface area contributed by atoms with Gasteiger partial charge in [-0.25, -0.2) is 0 Å². The van der Waals surface area contributed by atoms with Crippen LogP contribution < -0.4 is 10.6 Å². The fraction of sp³-hybridized carbons (Fsp3) is 0.296. The fourth-order valence-electron chi connectivity index (χ4n) is 6.86. The van der Waals surface area contributed by atoms with Gasteiger partial charge in [0.25, 0.3) is 5.91 Å². The topological polar surface area (TPSA) is 69.5 Å². The molecule has 1 fully saturated rings. The Morgan fingerprint density at radius 3 is 2.41 bits per heavy atom. The van der Waals surface area contributed by atoms with Gasteiger partial charge in [0.1, 0.15) is 12.3 Å². The second-order valence-electron chi connectivity index (χ2n) is 9.57. The predicted octanol–water partition coefficient (Wildman–Crippen LogP) is 4.18. The number of benzene rings is 3. The van der Waals surface area contributed by atoms with Crippen molar-refractivity contribution in [3.8, 4) is 0 Å². The summed E-state index contributed by atoms with van der Waals surface area (Å²) in [4.78, 5) is 13.3. The number of nitrogens with one attached hydrogen (secondary N) is 2. The lowest BCUT2D eigenvalue weighted by molar-refractivity contribution is -0.192. The molecule has 3 aliphatic heterocycles. The number of methoxy groups -OCH3 is 1. The number of rotatable bonds is 2. The van der Waals surface area contributed by atoms with E-state index in [1.165, 1.54) is 0 Å². The van der Waals surface area contributed by atoms with Crippen molar-refractivity contribution < 1.29 is 14.3 Å². The number of fused-ring (bicyclic) bond motifs is 13. The summed E-state index contributed by atoms with van der Waals surface area (Å²) in [5.74, 6) is 0.00707. The first-order valence-corrected chi connectivity index (χ1v) is 11.9. The van der Waals surface area contributed by atoms with Gasteiger partial charge >= 0.3 is 0 Å². The summed E-state index contributed by atoms with van der Waals surface area (Å²) < 4.78 is 17.6. The third-order valence-electron chi connectivity index (χ3n) is 8.17. The molecule has 7 heteroatoms. The van der Waals surface area contributed by atoms with Crippen molar-refractivity contribution in [2.45, 2.75) is 37.6 Å². The first-order valence-electron chi connectivity index (χ1n) is 11.9. The van der Waals surface area contributed by atoms with Crippen LogP contribution in [0.5, 0.6) is 0 Å². The predicted molar refractivity (Wildman–Crippen MR) is 131 cm³/mol. The van der Waals surface area contributed by atoms with E-state index in [1.54, 1.807) is 7.11 Å². The van der Waals surface area contributed by atoms with Crippen LogP contribution in [0.4, 0.5) is 0 Å². The third-order valence-corrected chi connectivity index (χ3v) is 8.17. The summed E-state index contributed by atoms with van der Waals surface area (Å²) in [6.07, 6.45) is 0.140. The first-order chi connectivity index (χ1) is 16.7. The zero-order valence-corrected chi connectivity index (χ0v) is 19.0. The number of nitrogens with zero attached hydrogens (tertiary/aromatic N) is 2. The standard InChI is InChI=1S/C27H24N4O3/c1-28-16-11-19-30-17-9-5-4-8-14(17)21-22-15(12-29-26(22)32)20-13-7-3-6-10-18(13)31(23(20)24(21)30)27(34-19)25(16)33-2/h3-10,16,19,25,27-28H,11-12H2,1-2H3,(H,29,32)/t16-,19-,25-,27?/m1/s1. The number of ether oxygens (including phenoxy) is 2. The average Bonchev–Trinajstić information content (AvgIpc) is 3.50. The first kappa shape index (κ1) is 19.0. The molecule has 170 valence electrons. The van der Waals surface area contributed by atoms with Crippen LogP contribution >= 0.6 is 0 Å². The fourth-order valence-corrected chi connectivity index (χ4v) is 6.86. The van der Waals surface area contributed by atoms with Crippen LogP contribution in [0.1, 0.15) is 34.8 Å². The van der Waals surface area contributed by atoms with Crippen LogP contribution in [0.2, 0.25) is 0 Å². The molecule has 3 aliphatic rings. The van der Waals surface area contributed by atoms with Crippen LogP contribution in [0.3, 0.4) is 0 Å². The second-order valence-corrected chi connectivity index (χ2v) is 9.57. The summed E-state index contributed by atoms with van der Waals surface area (Å²) in [6, 6.07) is 17.0. The van der Waals surface area contributed by atoms with Gasteiger partial charge in [-0.3, -0.25) is 4.79 Å². The highest BCUT2D eigenvalue weighted by molar-refractivity contribution is 6.30. The highest BCUT2D eigenvalue weighted by Gasteiger charge is 2.45. The van der Waals surface area contributed by atoms with Crippen molar-refractivity contribution in [3.05, 3.63) is 59.7 Å². The van der Waals surface area contributed by atoms with Crippen molar-refractivity contribution in [2.24, 2.45) is 0 Å². The summed E-state index contributed by atoms with van der Waals surface area (Å²) in [7, 11) is 3.76. The Morgan fingerprint density at radius 1 is 1.00 bits per heavy atom. The maximum Gasteiger partial charge on any atom is 0.252 e. The number of likely N-dealkylation sites (N-methyl/N-ethyl adjacent to an activating group) is 1. The molecule has 34 heavy (non-hydrogen) atoms. The minimum absolute atomic E-state index is 0.00707. The maximum atomic E-state index is 13.3. The van der Waals surface area contributed by atoms with Gasteiger partial charge in [0.05, 0.1) is 27.6 Å². The summed E-state index contributed by atoms with van der Waals surface area (Å²) >= 11 is 0. The SMILES string of the molecule is CN[C@@H]1C[C@H]2OC([C@@H]1OC)n1c3ccccc3c3c4c(c5c6ccccc6n2c5c31)C(=O)NC4. The van der Waals surface area contributed by atoms with Crippen molar-refractivity contribution in [3.63, 3.8) is 0 Å². The van der Waals surface area contributed by atoms with Crippen molar-refractivity contribution in [1.29, 1.82) is 0 Å². The van der Waals surface area contributed by atoms with Gasteiger partial charge in [-0.1, -0.05) is 36.4 Å². The molecule has 3 aromatic carbocycles. The highest BCUT2D eigenvalue weighted by Crippen LogP contribution is 2.51. The molecule has 5 heterocycles. The van der Waals surface area contributed by atoms with E-state index in [-0.39, 0.29) is 30.5 Å². The van der Waals surface area contributed by atoms with E-state index in [1.807, 2.05) is 7.05 Å². The molecular weight excluding hydrogens is 428 g/mol. The van der Waals surface area contributed by atoms with Crippen LogP contribution in [0.15, 0.2) is 48.5 Å². The molecule has 8 rings (SSSR count). The van der Waals surface area contributed by atoms with E-state index in [9.17, 15) is 4.79 Å². The van der Waals surface area contributed by atoms with Gasteiger partial charge in [0, 0.05) is 47.7 Å². The molecule has 1 unspecified atom stereocenters. The smallest absolute Gasteiger partial charge is 0.252 e. The Kier molecular flexibility index (Phi) is 3.56. The minimum atomic E-state index is -0.298. The molecule has 0 saturated carbocycles. The molecule has 2 N–H and O–H groups in total. The van der Waals surface area contributed by atoms with Crippen LogP contribution in [0, 0.1) is 0 Å². The van der Waals surface area contributed by atoms with Gasteiger partial charge in [0.2, 0.25) is 0 Å². The van der Waals surface area contributed by atoms with Gasteiger partial charge in [-0.15, -0.1) is 0 Å². The van der Waals surface area contributed by atoms with E-state index in [0.717, 1.165) is 61.2 Å². The summed E-state index contributed by atoms with van der Waals surface area (Å²) in [6.45, 7) is 0.538. The van der Waals surface area contributed by atoms with Crippen LogP contribution in [0.25, 0.3) is 43.6 Å². The number of hydrogen-bond donors (Lipinski definition) is 2. The molecule has 7 nitrogen and oxygen atoms in total. The van der Waals surface area contributed by atoms with Crippen molar-refractivity contribution in [2.75, 3.05) is 14.2 Å². The Hall–Kier alpha value is -3.39.